The number of pyridine rings is 2. The number of aryl methyl sites for hydroxylation is 1. The Bertz CT molecular complexity index is 1040. The molecule has 3 aromatic heterocycles. The van der Waals surface area contributed by atoms with E-state index in [1.54, 1.807) is 19.3 Å². The highest BCUT2D eigenvalue weighted by Crippen LogP contribution is 2.40. The van der Waals surface area contributed by atoms with Crippen LogP contribution in [0.3, 0.4) is 0 Å². The van der Waals surface area contributed by atoms with Crippen LogP contribution >= 0.6 is 12.2 Å². The maximum absolute atomic E-state index is 12.3. The van der Waals surface area contributed by atoms with Crippen molar-refractivity contribution in [1.29, 1.82) is 0 Å². The first kappa shape index (κ1) is 20.0. The number of carbonyl (C=O) groups is 1. The summed E-state index contributed by atoms with van der Waals surface area (Å²) in [6.07, 6.45) is 5.33. The number of nitrogens with one attached hydrogen (secondary N) is 1. The molecule has 0 aliphatic carbocycles. The molecule has 1 fully saturated rings. The monoisotopic (exact) mass is 421 g/mol. The normalized spacial score (nSPS) is 18.3. The Morgan fingerprint density at radius 3 is 2.77 bits per heavy atom. The van der Waals surface area contributed by atoms with Crippen LogP contribution in [0, 0.1) is 6.92 Å². The summed E-state index contributed by atoms with van der Waals surface area (Å²) in [5.41, 5.74) is 3.86. The number of thiocarbonyl (C=S) groups is 1. The predicted octanol–water partition coefficient (Wildman–Crippen LogP) is 3.11. The zero-order valence-electron chi connectivity index (χ0n) is 16.9. The third-order valence-electron chi connectivity index (χ3n) is 5.12. The number of ether oxygens (including phenoxy) is 1. The van der Waals surface area contributed by atoms with E-state index in [1.165, 1.54) is 0 Å². The van der Waals surface area contributed by atoms with Crippen molar-refractivity contribution in [3.63, 3.8) is 0 Å². The van der Waals surface area contributed by atoms with Gasteiger partial charge in [0.25, 0.3) is 0 Å². The van der Waals surface area contributed by atoms with Crippen molar-refractivity contribution >= 4 is 23.3 Å². The Morgan fingerprint density at radius 1 is 1.20 bits per heavy atom. The SMILES string of the molecule is CCOC(=O)CN1C(=S)N[C@@H](c2ccccn2)[C@@H]1c1ccc(C)n1-c1cccnc1. The highest BCUT2D eigenvalue weighted by atomic mass is 32.1. The molecule has 7 nitrogen and oxygen atoms in total. The molecule has 154 valence electrons. The van der Waals surface area contributed by atoms with Gasteiger partial charge in [0.05, 0.1) is 36.3 Å². The minimum absolute atomic E-state index is 0.0605. The summed E-state index contributed by atoms with van der Waals surface area (Å²) in [4.78, 5) is 23.0. The number of nitrogens with zero attached hydrogens (tertiary/aromatic N) is 4. The third-order valence-corrected chi connectivity index (χ3v) is 5.47. The zero-order chi connectivity index (χ0) is 21.1. The van der Waals surface area contributed by atoms with Gasteiger partial charge in [-0.1, -0.05) is 6.07 Å². The lowest BCUT2D eigenvalue weighted by Crippen LogP contribution is -2.36. The lowest BCUT2D eigenvalue weighted by atomic mass is 10.0. The third kappa shape index (κ3) is 3.78. The fourth-order valence-electron chi connectivity index (χ4n) is 3.87. The lowest BCUT2D eigenvalue weighted by molar-refractivity contribution is -0.143. The van der Waals surface area contributed by atoms with Crippen LogP contribution < -0.4 is 5.32 Å². The summed E-state index contributed by atoms with van der Waals surface area (Å²) in [5.74, 6) is -0.315. The highest BCUT2D eigenvalue weighted by molar-refractivity contribution is 7.80. The molecule has 0 aromatic carbocycles. The molecule has 0 spiro atoms. The maximum atomic E-state index is 12.3. The van der Waals surface area contributed by atoms with E-state index in [0.717, 1.165) is 22.8 Å². The summed E-state index contributed by atoms with van der Waals surface area (Å²) >= 11 is 5.62. The molecule has 0 radical (unpaired) electrons. The molecule has 1 aliphatic rings. The molecular formula is C22H23N5O2S. The van der Waals surface area contributed by atoms with Crippen LogP contribution in [-0.4, -0.2) is 43.7 Å². The Labute approximate surface area is 180 Å². The summed E-state index contributed by atoms with van der Waals surface area (Å²) < 4.78 is 7.34. The quantitative estimate of drug-likeness (QED) is 0.484. The molecule has 0 unspecified atom stereocenters. The van der Waals surface area contributed by atoms with Crippen LogP contribution in [0.5, 0.6) is 0 Å². The molecule has 1 aliphatic heterocycles. The molecule has 3 aromatic rings. The van der Waals surface area contributed by atoms with Crippen molar-refractivity contribution in [1.82, 2.24) is 24.8 Å². The molecule has 4 rings (SSSR count). The second-order valence-electron chi connectivity index (χ2n) is 7.01. The fraction of sp³-hybridized carbons (Fsp3) is 0.273. The second kappa shape index (κ2) is 8.62. The summed E-state index contributed by atoms with van der Waals surface area (Å²) in [6, 6.07) is 13.4. The van der Waals surface area contributed by atoms with E-state index in [-0.39, 0.29) is 24.6 Å². The van der Waals surface area contributed by atoms with Crippen LogP contribution in [0.15, 0.2) is 61.1 Å². The van der Waals surface area contributed by atoms with Gasteiger partial charge in [-0.25, -0.2) is 0 Å². The van der Waals surface area contributed by atoms with Crippen LogP contribution in [0.2, 0.25) is 0 Å². The molecule has 30 heavy (non-hydrogen) atoms. The van der Waals surface area contributed by atoms with Crippen LogP contribution in [-0.2, 0) is 9.53 Å². The fourth-order valence-corrected chi connectivity index (χ4v) is 4.18. The first-order chi connectivity index (χ1) is 14.6. The van der Waals surface area contributed by atoms with Gasteiger partial charge in [0.2, 0.25) is 0 Å². The summed E-state index contributed by atoms with van der Waals surface area (Å²) in [6.45, 7) is 4.23. The van der Waals surface area contributed by atoms with E-state index >= 15 is 0 Å². The van der Waals surface area contributed by atoms with Crippen molar-refractivity contribution in [2.75, 3.05) is 13.2 Å². The Hall–Kier alpha value is -3.26. The van der Waals surface area contributed by atoms with Crippen molar-refractivity contribution in [2.45, 2.75) is 25.9 Å². The maximum Gasteiger partial charge on any atom is 0.325 e. The number of carbonyl (C=O) groups excluding carboxylic acids is 1. The molecule has 0 saturated carbocycles. The first-order valence-corrected chi connectivity index (χ1v) is 10.2. The van der Waals surface area contributed by atoms with E-state index in [4.69, 9.17) is 17.0 Å². The lowest BCUT2D eigenvalue weighted by Gasteiger charge is -2.28. The van der Waals surface area contributed by atoms with Gasteiger partial charge < -0.3 is 19.5 Å². The van der Waals surface area contributed by atoms with Gasteiger partial charge in [-0.3, -0.25) is 14.8 Å². The average molecular weight is 422 g/mol. The Balaban J connectivity index is 1.82. The number of rotatable bonds is 6. The minimum atomic E-state index is -0.315. The molecule has 2 atom stereocenters. The van der Waals surface area contributed by atoms with E-state index < -0.39 is 0 Å². The number of hydrogen-bond donors (Lipinski definition) is 1. The molecule has 0 bridgehead atoms. The Kier molecular flexibility index (Phi) is 5.76. The topological polar surface area (TPSA) is 72.3 Å². The molecule has 1 N–H and O–H groups in total. The highest BCUT2D eigenvalue weighted by Gasteiger charge is 2.42. The van der Waals surface area contributed by atoms with Gasteiger partial charge in [-0.05, 0) is 62.5 Å². The van der Waals surface area contributed by atoms with E-state index in [0.29, 0.717) is 11.7 Å². The van der Waals surface area contributed by atoms with Crippen molar-refractivity contribution < 1.29 is 9.53 Å². The van der Waals surface area contributed by atoms with Gasteiger partial charge in [-0.15, -0.1) is 0 Å². The summed E-state index contributed by atoms with van der Waals surface area (Å²) in [7, 11) is 0. The standard InChI is InChI=1S/C22H23N5O2S/c1-3-29-19(28)14-26-21(20(25-22(26)30)17-8-4-5-12-24-17)18-10-9-15(2)27(18)16-7-6-11-23-13-16/h4-13,20-21H,3,14H2,1-2H3,(H,25,30)/t20-,21-/m0/s1. The second-order valence-corrected chi connectivity index (χ2v) is 7.39. The Morgan fingerprint density at radius 2 is 2.07 bits per heavy atom. The van der Waals surface area contributed by atoms with Gasteiger partial charge in [0.1, 0.15) is 6.54 Å². The molecular weight excluding hydrogens is 398 g/mol. The van der Waals surface area contributed by atoms with Crippen LogP contribution in [0.25, 0.3) is 5.69 Å². The minimum Gasteiger partial charge on any atom is -0.465 e. The largest absolute Gasteiger partial charge is 0.465 e. The van der Waals surface area contributed by atoms with E-state index in [9.17, 15) is 4.79 Å². The molecule has 0 amide bonds. The van der Waals surface area contributed by atoms with Crippen molar-refractivity contribution in [3.8, 4) is 5.69 Å². The van der Waals surface area contributed by atoms with Crippen LogP contribution in [0.4, 0.5) is 0 Å². The molecule has 8 heteroatoms. The van der Waals surface area contributed by atoms with Crippen molar-refractivity contribution in [2.24, 2.45) is 0 Å². The average Bonchev–Trinajstić information content (AvgIpc) is 3.29. The number of esters is 1. The smallest absolute Gasteiger partial charge is 0.325 e. The van der Waals surface area contributed by atoms with Gasteiger partial charge in [0.15, 0.2) is 5.11 Å². The van der Waals surface area contributed by atoms with Crippen molar-refractivity contribution in [3.05, 3.63) is 78.1 Å². The number of hydrogen-bond acceptors (Lipinski definition) is 5. The van der Waals surface area contributed by atoms with E-state index in [1.807, 2.05) is 48.4 Å². The van der Waals surface area contributed by atoms with Crippen LogP contribution in [0.1, 0.15) is 36.1 Å². The van der Waals surface area contributed by atoms with Gasteiger partial charge in [-0.2, -0.15) is 0 Å². The number of aromatic nitrogens is 3. The zero-order valence-corrected chi connectivity index (χ0v) is 17.7. The van der Waals surface area contributed by atoms with Gasteiger partial charge >= 0.3 is 5.97 Å². The predicted molar refractivity (Wildman–Crippen MR) is 117 cm³/mol. The molecule has 4 heterocycles. The van der Waals surface area contributed by atoms with Gasteiger partial charge in [0, 0.05) is 23.8 Å². The first-order valence-electron chi connectivity index (χ1n) is 9.82. The molecule has 1 saturated heterocycles. The van der Waals surface area contributed by atoms with E-state index in [2.05, 4.69) is 32.0 Å². The summed E-state index contributed by atoms with van der Waals surface area (Å²) in [5, 5.41) is 3.86.